The van der Waals surface area contributed by atoms with Crippen molar-refractivity contribution in [2.75, 3.05) is 11.9 Å². The highest BCUT2D eigenvalue weighted by atomic mass is 19.1. The maximum absolute atomic E-state index is 12.9. The van der Waals surface area contributed by atoms with E-state index in [1.54, 1.807) is 12.1 Å². The minimum absolute atomic E-state index is 0.0823. The quantitative estimate of drug-likeness (QED) is 0.748. The number of benzene rings is 1. The van der Waals surface area contributed by atoms with Crippen LogP contribution in [0.3, 0.4) is 0 Å². The summed E-state index contributed by atoms with van der Waals surface area (Å²) in [6.45, 7) is 4.94. The Kier molecular flexibility index (Phi) is 5.63. The van der Waals surface area contributed by atoms with Crippen molar-refractivity contribution in [1.82, 2.24) is 5.32 Å². The Bertz CT molecular complexity index is 366. The Hall–Kier alpha value is -1.42. The van der Waals surface area contributed by atoms with Crippen molar-refractivity contribution < 1.29 is 9.18 Å². The van der Waals surface area contributed by atoms with Crippen LogP contribution in [-0.4, -0.2) is 18.5 Å². The molecular formula is C13H19FN2O. The highest BCUT2D eigenvalue weighted by molar-refractivity contribution is 5.90. The van der Waals surface area contributed by atoms with E-state index in [0.717, 1.165) is 13.0 Å². The predicted octanol–water partition coefficient (Wildman–Crippen LogP) is 2.54. The SMILES string of the molecule is CC(C)NCCCC(=O)Nc1cccc(F)c1. The fraction of sp³-hybridized carbons (Fsp3) is 0.462. The minimum atomic E-state index is -0.343. The normalized spacial score (nSPS) is 10.6. The smallest absolute Gasteiger partial charge is 0.224 e. The average molecular weight is 238 g/mol. The summed E-state index contributed by atoms with van der Waals surface area (Å²) in [5, 5.41) is 5.90. The third kappa shape index (κ3) is 6.02. The van der Waals surface area contributed by atoms with Gasteiger partial charge in [0, 0.05) is 18.2 Å². The van der Waals surface area contributed by atoms with Gasteiger partial charge in [0.2, 0.25) is 5.91 Å². The minimum Gasteiger partial charge on any atom is -0.326 e. The van der Waals surface area contributed by atoms with Crippen LogP contribution >= 0.6 is 0 Å². The molecule has 0 radical (unpaired) electrons. The molecule has 94 valence electrons. The van der Waals surface area contributed by atoms with Gasteiger partial charge < -0.3 is 10.6 Å². The molecule has 1 aromatic rings. The third-order valence-corrected chi connectivity index (χ3v) is 2.24. The van der Waals surface area contributed by atoms with Crippen LogP contribution in [-0.2, 0) is 4.79 Å². The Morgan fingerprint density at radius 3 is 2.82 bits per heavy atom. The highest BCUT2D eigenvalue weighted by Gasteiger charge is 2.03. The number of carbonyl (C=O) groups excluding carboxylic acids is 1. The topological polar surface area (TPSA) is 41.1 Å². The van der Waals surface area contributed by atoms with Gasteiger partial charge in [-0.05, 0) is 31.2 Å². The summed E-state index contributed by atoms with van der Waals surface area (Å²) in [4.78, 5) is 11.5. The van der Waals surface area contributed by atoms with Gasteiger partial charge in [-0.2, -0.15) is 0 Å². The second kappa shape index (κ2) is 7.01. The zero-order valence-corrected chi connectivity index (χ0v) is 10.3. The fourth-order valence-electron chi connectivity index (χ4n) is 1.43. The standard InChI is InChI=1S/C13H19FN2O/c1-10(2)15-8-4-7-13(17)16-12-6-3-5-11(14)9-12/h3,5-6,9-10,15H,4,7-8H2,1-2H3,(H,16,17). The molecule has 0 saturated heterocycles. The van der Waals surface area contributed by atoms with Gasteiger partial charge in [-0.25, -0.2) is 4.39 Å². The van der Waals surface area contributed by atoms with E-state index < -0.39 is 0 Å². The molecule has 0 atom stereocenters. The predicted molar refractivity (Wildman–Crippen MR) is 67.4 cm³/mol. The van der Waals surface area contributed by atoms with Crippen LogP contribution in [0.15, 0.2) is 24.3 Å². The maximum atomic E-state index is 12.9. The summed E-state index contributed by atoms with van der Waals surface area (Å²) in [6.07, 6.45) is 1.22. The molecule has 0 aliphatic heterocycles. The monoisotopic (exact) mass is 238 g/mol. The largest absolute Gasteiger partial charge is 0.326 e. The van der Waals surface area contributed by atoms with Crippen LogP contribution in [0.2, 0.25) is 0 Å². The second-order valence-electron chi connectivity index (χ2n) is 4.27. The zero-order chi connectivity index (χ0) is 12.7. The van der Waals surface area contributed by atoms with Crippen LogP contribution in [0.1, 0.15) is 26.7 Å². The van der Waals surface area contributed by atoms with Gasteiger partial charge in [-0.1, -0.05) is 19.9 Å². The van der Waals surface area contributed by atoms with Crippen molar-refractivity contribution in [2.45, 2.75) is 32.7 Å². The first-order chi connectivity index (χ1) is 8.08. The molecule has 0 saturated carbocycles. The molecule has 1 amide bonds. The molecule has 1 aromatic carbocycles. The van der Waals surface area contributed by atoms with Crippen molar-refractivity contribution in [3.05, 3.63) is 30.1 Å². The van der Waals surface area contributed by atoms with Crippen LogP contribution in [0.4, 0.5) is 10.1 Å². The lowest BCUT2D eigenvalue weighted by atomic mass is 10.2. The summed E-state index contributed by atoms with van der Waals surface area (Å²) < 4.78 is 12.9. The van der Waals surface area contributed by atoms with Crippen molar-refractivity contribution in [1.29, 1.82) is 0 Å². The first kappa shape index (κ1) is 13.6. The summed E-state index contributed by atoms with van der Waals surface area (Å²) in [5.41, 5.74) is 0.506. The molecule has 3 nitrogen and oxygen atoms in total. The lowest BCUT2D eigenvalue weighted by Gasteiger charge is -2.08. The van der Waals surface area contributed by atoms with E-state index >= 15 is 0 Å². The van der Waals surface area contributed by atoms with Gasteiger partial charge >= 0.3 is 0 Å². The van der Waals surface area contributed by atoms with E-state index in [4.69, 9.17) is 0 Å². The van der Waals surface area contributed by atoms with E-state index in [0.29, 0.717) is 18.2 Å². The molecule has 0 bridgehead atoms. The first-order valence-corrected chi connectivity index (χ1v) is 5.86. The number of amides is 1. The number of nitrogens with one attached hydrogen (secondary N) is 2. The zero-order valence-electron chi connectivity index (χ0n) is 10.3. The number of hydrogen-bond donors (Lipinski definition) is 2. The van der Waals surface area contributed by atoms with Gasteiger partial charge in [0.15, 0.2) is 0 Å². The molecular weight excluding hydrogens is 219 g/mol. The first-order valence-electron chi connectivity index (χ1n) is 5.86. The van der Waals surface area contributed by atoms with E-state index in [1.807, 2.05) is 0 Å². The number of carbonyl (C=O) groups is 1. The summed E-state index contributed by atoms with van der Waals surface area (Å²) in [7, 11) is 0. The Morgan fingerprint density at radius 1 is 1.41 bits per heavy atom. The summed E-state index contributed by atoms with van der Waals surface area (Å²) in [5.74, 6) is -0.426. The molecule has 0 aliphatic rings. The van der Waals surface area contributed by atoms with E-state index in [-0.39, 0.29) is 11.7 Å². The lowest BCUT2D eigenvalue weighted by Crippen LogP contribution is -2.24. The molecule has 17 heavy (non-hydrogen) atoms. The molecule has 4 heteroatoms. The highest BCUT2D eigenvalue weighted by Crippen LogP contribution is 2.09. The number of rotatable bonds is 6. The number of anilines is 1. The number of halogens is 1. The van der Waals surface area contributed by atoms with Gasteiger partial charge in [0.25, 0.3) is 0 Å². The Balaban J connectivity index is 2.25. The second-order valence-corrected chi connectivity index (χ2v) is 4.27. The van der Waals surface area contributed by atoms with Crippen LogP contribution in [0, 0.1) is 5.82 Å². The maximum Gasteiger partial charge on any atom is 0.224 e. The summed E-state index contributed by atoms with van der Waals surface area (Å²) in [6, 6.07) is 6.34. The molecule has 0 aromatic heterocycles. The molecule has 2 N–H and O–H groups in total. The van der Waals surface area contributed by atoms with Crippen LogP contribution in [0.25, 0.3) is 0 Å². The van der Waals surface area contributed by atoms with E-state index in [9.17, 15) is 9.18 Å². The van der Waals surface area contributed by atoms with Gasteiger partial charge in [-0.15, -0.1) is 0 Å². The van der Waals surface area contributed by atoms with E-state index in [2.05, 4.69) is 24.5 Å². The Labute approximate surface area is 101 Å². The van der Waals surface area contributed by atoms with Crippen LogP contribution < -0.4 is 10.6 Å². The molecule has 0 aliphatic carbocycles. The van der Waals surface area contributed by atoms with Gasteiger partial charge in [0.05, 0.1) is 0 Å². The molecule has 1 rings (SSSR count). The Morgan fingerprint density at radius 2 is 2.18 bits per heavy atom. The van der Waals surface area contributed by atoms with Crippen molar-refractivity contribution in [2.24, 2.45) is 0 Å². The molecule has 0 unspecified atom stereocenters. The molecule has 0 fully saturated rings. The fourth-order valence-corrected chi connectivity index (χ4v) is 1.43. The van der Waals surface area contributed by atoms with E-state index in [1.165, 1.54) is 12.1 Å². The number of hydrogen-bond acceptors (Lipinski definition) is 2. The van der Waals surface area contributed by atoms with Gasteiger partial charge in [-0.3, -0.25) is 4.79 Å². The lowest BCUT2D eigenvalue weighted by molar-refractivity contribution is -0.116. The van der Waals surface area contributed by atoms with Crippen molar-refractivity contribution in [3.63, 3.8) is 0 Å². The van der Waals surface area contributed by atoms with Crippen LogP contribution in [0.5, 0.6) is 0 Å². The molecule has 0 spiro atoms. The van der Waals surface area contributed by atoms with Crippen molar-refractivity contribution in [3.8, 4) is 0 Å². The summed E-state index contributed by atoms with van der Waals surface area (Å²) >= 11 is 0. The van der Waals surface area contributed by atoms with Crippen molar-refractivity contribution >= 4 is 11.6 Å². The molecule has 0 heterocycles. The van der Waals surface area contributed by atoms with Gasteiger partial charge in [0.1, 0.15) is 5.82 Å². The third-order valence-electron chi connectivity index (χ3n) is 2.24. The average Bonchev–Trinajstić information content (AvgIpc) is 2.24.